The zero-order valence-electron chi connectivity index (χ0n) is 16.7. The fourth-order valence-corrected chi connectivity index (χ4v) is 3.25. The molecule has 1 heterocycles. The predicted octanol–water partition coefficient (Wildman–Crippen LogP) is 2.62. The fourth-order valence-electron chi connectivity index (χ4n) is 2.98. The van der Waals surface area contributed by atoms with Crippen LogP contribution >= 0.6 is 11.6 Å². The van der Waals surface area contributed by atoms with Gasteiger partial charge in [-0.05, 0) is 37.4 Å². The summed E-state index contributed by atoms with van der Waals surface area (Å²) in [5.41, 5.74) is 5.39. The van der Waals surface area contributed by atoms with Crippen LogP contribution in [0, 0.1) is 0 Å². The molecule has 0 saturated heterocycles. The van der Waals surface area contributed by atoms with Crippen molar-refractivity contribution in [3.63, 3.8) is 0 Å². The van der Waals surface area contributed by atoms with E-state index in [0.29, 0.717) is 12.1 Å². The molecule has 9 heteroatoms. The molecule has 2 rings (SSSR count). The summed E-state index contributed by atoms with van der Waals surface area (Å²) in [6.07, 6.45) is 1.61. The molecular weight excluding hydrogens is 398 g/mol. The van der Waals surface area contributed by atoms with Gasteiger partial charge in [0, 0.05) is 12.1 Å². The molecule has 0 aliphatic carbocycles. The topological polar surface area (TPSA) is 107 Å². The van der Waals surface area contributed by atoms with Crippen LogP contribution in [-0.2, 0) is 4.79 Å². The van der Waals surface area contributed by atoms with Crippen LogP contribution in [0.5, 0.6) is 11.5 Å². The lowest BCUT2D eigenvalue weighted by molar-refractivity contribution is -0.119. The van der Waals surface area contributed by atoms with Gasteiger partial charge in [0.05, 0.1) is 24.4 Å². The van der Waals surface area contributed by atoms with Crippen LogP contribution in [0.1, 0.15) is 36.0 Å². The molecule has 0 fully saturated rings. The number of ether oxygens (including phenoxy) is 2. The number of halogens is 1. The van der Waals surface area contributed by atoms with Gasteiger partial charge in [-0.25, -0.2) is 0 Å². The molecule has 2 aromatic rings. The second kappa shape index (κ2) is 10.7. The number of amides is 2. The molecule has 158 valence electrons. The number of carbonyl (C=O) groups excluding carboxylic acids is 2. The highest BCUT2D eigenvalue weighted by Gasteiger charge is 2.22. The smallest absolute Gasteiger partial charge is 0.255 e. The lowest BCUT2D eigenvalue weighted by atomic mass is 10.1. The Hall–Kier alpha value is -2.71. The van der Waals surface area contributed by atoms with Crippen molar-refractivity contribution >= 4 is 23.4 Å². The molecule has 1 atom stereocenters. The number of hydrogen-bond donors (Lipinski definition) is 2. The molecule has 1 aromatic heterocycles. The van der Waals surface area contributed by atoms with Gasteiger partial charge in [-0.1, -0.05) is 25.4 Å². The molecule has 2 amide bonds. The third-order valence-electron chi connectivity index (χ3n) is 4.43. The molecule has 8 nitrogen and oxygen atoms in total. The van der Waals surface area contributed by atoms with Gasteiger partial charge in [0.15, 0.2) is 18.1 Å². The second-order valence-corrected chi connectivity index (χ2v) is 6.61. The van der Waals surface area contributed by atoms with Gasteiger partial charge in [0.1, 0.15) is 5.76 Å². The average molecular weight is 424 g/mol. The average Bonchev–Trinajstić information content (AvgIpc) is 3.23. The van der Waals surface area contributed by atoms with Crippen LogP contribution in [0.2, 0.25) is 5.02 Å². The predicted molar refractivity (Wildman–Crippen MR) is 109 cm³/mol. The van der Waals surface area contributed by atoms with E-state index in [0.717, 1.165) is 18.8 Å². The molecule has 1 unspecified atom stereocenters. The Labute approximate surface area is 174 Å². The van der Waals surface area contributed by atoms with E-state index in [1.54, 1.807) is 6.26 Å². The number of nitrogens with two attached hydrogens (primary N) is 1. The number of methoxy groups -OCH3 is 1. The number of carbonyl (C=O) groups is 2. The summed E-state index contributed by atoms with van der Waals surface area (Å²) in [5, 5.41) is 3.06. The molecule has 0 spiro atoms. The minimum absolute atomic E-state index is 0.0977. The molecule has 0 bridgehead atoms. The van der Waals surface area contributed by atoms with Crippen LogP contribution in [0.4, 0.5) is 0 Å². The first-order chi connectivity index (χ1) is 13.9. The molecule has 0 aliphatic rings. The Kier molecular flexibility index (Phi) is 8.35. The Balaban J connectivity index is 2.16. The Morgan fingerprint density at radius 3 is 2.59 bits per heavy atom. The zero-order chi connectivity index (χ0) is 21.4. The number of likely N-dealkylation sites (N-methyl/N-ethyl adjacent to an activating group) is 1. The van der Waals surface area contributed by atoms with Crippen LogP contribution in [0.3, 0.4) is 0 Å². The molecule has 0 aliphatic heterocycles. The Bertz CT molecular complexity index is 822. The van der Waals surface area contributed by atoms with E-state index in [-0.39, 0.29) is 35.1 Å². The largest absolute Gasteiger partial charge is 0.493 e. The van der Waals surface area contributed by atoms with Crippen molar-refractivity contribution in [2.45, 2.75) is 19.9 Å². The zero-order valence-corrected chi connectivity index (χ0v) is 17.5. The van der Waals surface area contributed by atoms with Gasteiger partial charge >= 0.3 is 0 Å². The van der Waals surface area contributed by atoms with E-state index in [4.69, 9.17) is 31.2 Å². The highest BCUT2D eigenvalue weighted by molar-refractivity contribution is 6.32. The number of nitrogens with zero attached hydrogens (tertiary/aromatic N) is 1. The minimum Gasteiger partial charge on any atom is -0.493 e. The number of hydrogen-bond acceptors (Lipinski definition) is 6. The van der Waals surface area contributed by atoms with Gasteiger partial charge in [-0.3, -0.25) is 14.5 Å². The lowest BCUT2D eigenvalue weighted by Crippen LogP contribution is -2.38. The van der Waals surface area contributed by atoms with Crippen molar-refractivity contribution in [1.29, 1.82) is 0 Å². The number of rotatable bonds is 11. The van der Waals surface area contributed by atoms with E-state index < -0.39 is 5.91 Å². The van der Waals surface area contributed by atoms with Crippen molar-refractivity contribution < 1.29 is 23.5 Å². The van der Waals surface area contributed by atoms with E-state index in [1.165, 1.54) is 19.2 Å². The summed E-state index contributed by atoms with van der Waals surface area (Å²) in [5.74, 6) is 0.192. The highest BCUT2D eigenvalue weighted by Crippen LogP contribution is 2.36. The third kappa shape index (κ3) is 5.88. The molecule has 0 radical (unpaired) electrons. The first-order valence-electron chi connectivity index (χ1n) is 9.25. The van der Waals surface area contributed by atoms with Crippen LogP contribution < -0.4 is 20.5 Å². The maximum Gasteiger partial charge on any atom is 0.255 e. The third-order valence-corrected chi connectivity index (χ3v) is 4.71. The van der Waals surface area contributed by atoms with Crippen LogP contribution in [0.15, 0.2) is 34.9 Å². The monoisotopic (exact) mass is 423 g/mol. The van der Waals surface area contributed by atoms with Gasteiger partial charge < -0.3 is 24.9 Å². The SMILES string of the molecule is CCN(CC)C(CNC(=O)c1cc(Cl)c(OCC(N)=O)c(OC)c1)c1ccco1. The van der Waals surface area contributed by atoms with Crippen LogP contribution in [0.25, 0.3) is 0 Å². The Morgan fingerprint density at radius 1 is 1.31 bits per heavy atom. The van der Waals surface area contributed by atoms with Gasteiger partial charge in [-0.15, -0.1) is 0 Å². The van der Waals surface area contributed by atoms with Crippen molar-refractivity contribution in [3.05, 3.63) is 46.9 Å². The molecule has 0 saturated carbocycles. The molecular formula is C20H26ClN3O5. The standard InChI is InChI=1S/C20H26ClN3O5/c1-4-24(5-2)15(16-7-6-8-28-16)11-23-20(26)13-9-14(21)19(17(10-13)27-3)29-12-18(22)25/h6-10,15H,4-5,11-12H2,1-3H3,(H2,22,25)(H,23,26). The first-order valence-corrected chi connectivity index (χ1v) is 9.63. The molecule has 29 heavy (non-hydrogen) atoms. The first kappa shape index (κ1) is 22.6. The Morgan fingerprint density at radius 2 is 2.03 bits per heavy atom. The number of nitrogens with one attached hydrogen (secondary N) is 1. The summed E-state index contributed by atoms with van der Waals surface area (Å²) in [6, 6.07) is 6.56. The van der Waals surface area contributed by atoms with E-state index in [1.807, 2.05) is 12.1 Å². The maximum absolute atomic E-state index is 12.7. The lowest BCUT2D eigenvalue weighted by Gasteiger charge is -2.28. The van der Waals surface area contributed by atoms with Gasteiger partial charge in [-0.2, -0.15) is 0 Å². The minimum atomic E-state index is -0.648. The van der Waals surface area contributed by atoms with E-state index in [9.17, 15) is 9.59 Å². The summed E-state index contributed by atoms with van der Waals surface area (Å²) in [4.78, 5) is 25.9. The maximum atomic E-state index is 12.7. The summed E-state index contributed by atoms with van der Waals surface area (Å²) in [7, 11) is 1.41. The van der Waals surface area contributed by atoms with Gasteiger partial charge in [0.25, 0.3) is 11.8 Å². The molecule has 3 N–H and O–H groups in total. The number of benzene rings is 1. The summed E-state index contributed by atoms with van der Waals surface area (Å²) in [6.45, 7) is 5.73. The number of primary amides is 1. The van der Waals surface area contributed by atoms with Crippen molar-refractivity contribution in [1.82, 2.24) is 10.2 Å². The van der Waals surface area contributed by atoms with E-state index >= 15 is 0 Å². The summed E-state index contributed by atoms with van der Waals surface area (Å²) >= 11 is 6.22. The summed E-state index contributed by atoms with van der Waals surface area (Å²) < 4.78 is 16.1. The fraction of sp³-hybridized carbons (Fsp3) is 0.400. The van der Waals surface area contributed by atoms with Crippen molar-refractivity contribution in [2.75, 3.05) is 33.4 Å². The quantitative estimate of drug-likeness (QED) is 0.575. The number of furan rings is 1. The highest BCUT2D eigenvalue weighted by atomic mass is 35.5. The van der Waals surface area contributed by atoms with Crippen molar-refractivity contribution in [3.8, 4) is 11.5 Å². The normalized spacial score (nSPS) is 11.9. The molecule has 1 aromatic carbocycles. The van der Waals surface area contributed by atoms with Crippen LogP contribution in [-0.4, -0.2) is 50.1 Å². The van der Waals surface area contributed by atoms with Crippen molar-refractivity contribution in [2.24, 2.45) is 5.73 Å². The second-order valence-electron chi connectivity index (χ2n) is 6.21. The van der Waals surface area contributed by atoms with Gasteiger partial charge in [0.2, 0.25) is 0 Å². The van der Waals surface area contributed by atoms with E-state index in [2.05, 4.69) is 24.1 Å².